The Morgan fingerprint density at radius 1 is 1.53 bits per heavy atom. The van der Waals surface area contributed by atoms with Gasteiger partial charge in [-0.15, -0.1) is 0 Å². The molecule has 0 saturated carbocycles. The van der Waals surface area contributed by atoms with Crippen molar-refractivity contribution in [2.75, 3.05) is 0 Å². The SMILES string of the molecule is N#Cc1cccc2c1CCC[C@@H]2N=[N+]=[N-]. The fraction of sp³-hybridized carbons (Fsp3) is 0.364. The van der Waals surface area contributed by atoms with Crippen LogP contribution in [0.4, 0.5) is 0 Å². The molecule has 4 nitrogen and oxygen atoms in total. The fourth-order valence-electron chi connectivity index (χ4n) is 2.11. The lowest BCUT2D eigenvalue weighted by Gasteiger charge is -2.22. The third kappa shape index (κ3) is 1.65. The Morgan fingerprint density at radius 3 is 3.13 bits per heavy atom. The van der Waals surface area contributed by atoms with Gasteiger partial charge in [0.1, 0.15) is 0 Å². The highest BCUT2D eigenvalue weighted by Crippen LogP contribution is 2.34. The smallest absolute Gasteiger partial charge is 0.0994 e. The number of hydrogen-bond donors (Lipinski definition) is 0. The molecule has 0 bridgehead atoms. The number of nitriles is 1. The topological polar surface area (TPSA) is 72.5 Å². The first-order chi connectivity index (χ1) is 7.36. The molecule has 1 aliphatic carbocycles. The highest BCUT2D eigenvalue weighted by Gasteiger charge is 2.20. The zero-order valence-corrected chi connectivity index (χ0v) is 8.22. The molecule has 2 rings (SSSR count). The summed E-state index contributed by atoms with van der Waals surface area (Å²) in [5.74, 6) is 0. The summed E-state index contributed by atoms with van der Waals surface area (Å²) < 4.78 is 0. The van der Waals surface area contributed by atoms with E-state index >= 15 is 0 Å². The molecule has 1 aromatic carbocycles. The van der Waals surface area contributed by atoms with E-state index in [9.17, 15) is 0 Å². The summed E-state index contributed by atoms with van der Waals surface area (Å²) in [6.07, 6.45) is 2.78. The molecule has 74 valence electrons. The van der Waals surface area contributed by atoms with Gasteiger partial charge in [-0.3, -0.25) is 0 Å². The molecule has 1 atom stereocenters. The Hall–Kier alpha value is -1.98. The number of rotatable bonds is 1. The first-order valence-corrected chi connectivity index (χ1v) is 4.93. The second kappa shape index (κ2) is 4.04. The van der Waals surface area contributed by atoms with Crippen LogP contribution in [0.1, 0.15) is 35.6 Å². The van der Waals surface area contributed by atoms with Crippen LogP contribution in [-0.2, 0) is 6.42 Å². The normalized spacial score (nSPS) is 18.5. The van der Waals surface area contributed by atoms with E-state index in [-0.39, 0.29) is 6.04 Å². The van der Waals surface area contributed by atoms with E-state index < -0.39 is 0 Å². The van der Waals surface area contributed by atoms with Crippen LogP contribution >= 0.6 is 0 Å². The van der Waals surface area contributed by atoms with Gasteiger partial charge in [-0.25, -0.2) is 0 Å². The molecule has 0 saturated heterocycles. The summed E-state index contributed by atoms with van der Waals surface area (Å²) in [5, 5.41) is 12.7. The number of hydrogen-bond acceptors (Lipinski definition) is 2. The van der Waals surface area contributed by atoms with Gasteiger partial charge in [0.25, 0.3) is 0 Å². The maximum atomic E-state index is 8.96. The molecule has 0 N–H and O–H groups in total. The van der Waals surface area contributed by atoms with E-state index in [4.69, 9.17) is 10.8 Å². The van der Waals surface area contributed by atoms with E-state index in [1.54, 1.807) is 0 Å². The lowest BCUT2D eigenvalue weighted by atomic mass is 9.85. The zero-order valence-electron chi connectivity index (χ0n) is 8.22. The van der Waals surface area contributed by atoms with Crippen molar-refractivity contribution in [2.45, 2.75) is 25.3 Å². The Kier molecular flexibility index (Phi) is 2.57. The quantitative estimate of drug-likeness (QED) is 0.387. The molecule has 0 unspecified atom stereocenters. The highest BCUT2D eigenvalue weighted by atomic mass is 15.1. The van der Waals surface area contributed by atoms with Crippen molar-refractivity contribution < 1.29 is 0 Å². The van der Waals surface area contributed by atoms with Crippen molar-refractivity contribution >= 4 is 0 Å². The summed E-state index contributed by atoms with van der Waals surface area (Å²) in [5.41, 5.74) is 11.3. The third-order valence-corrected chi connectivity index (χ3v) is 2.79. The first-order valence-electron chi connectivity index (χ1n) is 4.93. The molecule has 0 fully saturated rings. The predicted molar refractivity (Wildman–Crippen MR) is 56.0 cm³/mol. The molecular weight excluding hydrogens is 188 g/mol. The lowest BCUT2D eigenvalue weighted by molar-refractivity contribution is 0.567. The second-order valence-corrected chi connectivity index (χ2v) is 3.60. The first kappa shape index (κ1) is 9.57. The minimum atomic E-state index is -0.0907. The van der Waals surface area contributed by atoms with Crippen LogP contribution in [0.25, 0.3) is 10.4 Å². The molecule has 0 amide bonds. The summed E-state index contributed by atoms with van der Waals surface area (Å²) in [4.78, 5) is 2.86. The van der Waals surface area contributed by atoms with Gasteiger partial charge in [0.15, 0.2) is 0 Å². The molecular formula is C11H10N4. The van der Waals surface area contributed by atoms with Crippen LogP contribution in [0.3, 0.4) is 0 Å². The number of nitrogens with zero attached hydrogens (tertiary/aromatic N) is 4. The largest absolute Gasteiger partial charge is 0.192 e. The Labute approximate surface area is 87.8 Å². The van der Waals surface area contributed by atoms with Gasteiger partial charge in [-0.1, -0.05) is 17.2 Å². The molecule has 1 aromatic rings. The maximum absolute atomic E-state index is 8.96. The molecule has 15 heavy (non-hydrogen) atoms. The van der Waals surface area contributed by atoms with E-state index in [0.717, 1.165) is 30.4 Å². The fourth-order valence-corrected chi connectivity index (χ4v) is 2.11. The van der Waals surface area contributed by atoms with Crippen LogP contribution in [0.15, 0.2) is 23.3 Å². The zero-order chi connectivity index (χ0) is 10.7. The van der Waals surface area contributed by atoms with Crippen molar-refractivity contribution in [3.8, 4) is 6.07 Å². The van der Waals surface area contributed by atoms with E-state index in [1.165, 1.54) is 0 Å². The number of azide groups is 1. The average Bonchev–Trinajstić information content (AvgIpc) is 2.29. The summed E-state index contributed by atoms with van der Waals surface area (Å²) >= 11 is 0. The van der Waals surface area contributed by atoms with Crippen molar-refractivity contribution in [1.82, 2.24) is 0 Å². The molecule has 1 aliphatic rings. The van der Waals surface area contributed by atoms with Crippen LogP contribution in [0.5, 0.6) is 0 Å². The lowest BCUT2D eigenvalue weighted by Crippen LogP contribution is -2.09. The molecule has 4 heteroatoms. The van der Waals surface area contributed by atoms with Gasteiger partial charge in [-0.05, 0) is 42.0 Å². The maximum Gasteiger partial charge on any atom is 0.0994 e. The average molecular weight is 198 g/mol. The molecule has 0 spiro atoms. The summed E-state index contributed by atoms with van der Waals surface area (Å²) in [6.45, 7) is 0. The third-order valence-electron chi connectivity index (χ3n) is 2.79. The van der Waals surface area contributed by atoms with Crippen LogP contribution in [0.2, 0.25) is 0 Å². The monoisotopic (exact) mass is 198 g/mol. The van der Waals surface area contributed by atoms with Crippen molar-refractivity contribution in [3.05, 3.63) is 45.3 Å². The van der Waals surface area contributed by atoms with Crippen molar-refractivity contribution in [1.29, 1.82) is 5.26 Å². The van der Waals surface area contributed by atoms with E-state index in [2.05, 4.69) is 16.1 Å². The standard InChI is InChI=1S/C11H10N4/c12-7-8-3-1-5-10-9(8)4-2-6-11(10)14-15-13/h1,3,5,11H,2,4,6H2/t11-/m0/s1. The minimum absolute atomic E-state index is 0.0907. The van der Waals surface area contributed by atoms with Crippen molar-refractivity contribution in [2.24, 2.45) is 5.11 Å². The Bertz CT molecular complexity index is 466. The minimum Gasteiger partial charge on any atom is -0.192 e. The Morgan fingerprint density at radius 2 is 2.40 bits per heavy atom. The van der Waals surface area contributed by atoms with Crippen LogP contribution < -0.4 is 0 Å². The second-order valence-electron chi connectivity index (χ2n) is 3.60. The molecule has 0 aliphatic heterocycles. The van der Waals surface area contributed by atoms with E-state index in [1.807, 2.05) is 18.2 Å². The van der Waals surface area contributed by atoms with Gasteiger partial charge in [0, 0.05) is 4.91 Å². The molecule has 0 aromatic heterocycles. The van der Waals surface area contributed by atoms with Gasteiger partial charge >= 0.3 is 0 Å². The van der Waals surface area contributed by atoms with Gasteiger partial charge < -0.3 is 0 Å². The number of fused-ring (bicyclic) bond motifs is 1. The predicted octanol–water partition coefficient (Wildman–Crippen LogP) is 3.25. The highest BCUT2D eigenvalue weighted by molar-refractivity contribution is 5.45. The van der Waals surface area contributed by atoms with Gasteiger partial charge in [0.05, 0.1) is 17.7 Å². The van der Waals surface area contributed by atoms with Crippen LogP contribution in [-0.4, -0.2) is 0 Å². The van der Waals surface area contributed by atoms with E-state index in [0.29, 0.717) is 5.56 Å². The van der Waals surface area contributed by atoms with Gasteiger partial charge in [-0.2, -0.15) is 5.26 Å². The van der Waals surface area contributed by atoms with Crippen molar-refractivity contribution in [3.63, 3.8) is 0 Å². The number of benzene rings is 1. The Balaban J connectivity index is 2.54. The summed E-state index contributed by atoms with van der Waals surface area (Å²) in [7, 11) is 0. The molecule has 0 radical (unpaired) electrons. The summed E-state index contributed by atoms with van der Waals surface area (Å²) in [6, 6.07) is 7.71. The van der Waals surface area contributed by atoms with Crippen LogP contribution in [0, 0.1) is 11.3 Å². The van der Waals surface area contributed by atoms with Gasteiger partial charge in [0.2, 0.25) is 0 Å². The molecule has 0 heterocycles.